The van der Waals surface area contributed by atoms with Gasteiger partial charge in [-0.3, -0.25) is 0 Å². The molecular weight excluding hydrogens is 298 g/mol. The fourth-order valence-electron chi connectivity index (χ4n) is 1.94. The van der Waals surface area contributed by atoms with E-state index in [1.54, 1.807) is 11.3 Å². The van der Waals surface area contributed by atoms with E-state index in [4.69, 9.17) is 12.2 Å². The number of nitrogens with zero attached hydrogens (tertiary/aromatic N) is 1. The number of anilines is 1. The van der Waals surface area contributed by atoms with Crippen LogP contribution in [0.4, 0.5) is 5.13 Å². The molecule has 0 atom stereocenters. The summed E-state index contributed by atoms with van der Waals surface area (Å²) in [4.78, 5) is 4.53. The average molecular weight is 319 g/mol. The summed E-state index contributed by atoms with van der Waals surface area (Å²) >= 11 is 6.90. The van der Waals surface area contributed by atoms with Crippen LogP contribution in [0.25, 0.3) is 0 Å². The molecular formula is C16H21N3S2. The predicted octanol–water partition coefficient (Wildman–Crippen LogP) is 4.01. The first kappa shape index (κ1) is 15.9. The van der Waals surface area contributed by atoms with E-state index in [0.29, 0.717) is 5.11 Å². The lowest BCUT2D eigenvalue weighted by Gasteiger charge is -2.08. The molecule has 1 heterocycles. The standard InChI is InChI=1S/C16H21N3S2/c1-2-3-9-14-12-21-16(18-14)19-15(20)17-11-10-13-7-5-4-6-8-13/h4-8,12H,2-3,9-11H2,1H3,(H2,17,18,19,20). The summed E-state index contributed by atoms with van der Waals surface area (Å²) in [5.41, 5.74) is 2.46. The van der Waals surface area contributed by atoms with Crippen molar-refractivity contribution in [3.8, 4) is 0 Å². The van der Waals surface area contributed by atoms with Gasteiger partial charge in [0.15, 0.2) is 10.2 Å². The van der Waals surface area contributed by atoms with Crippen molar-refractivity contribution < 1.29 is 0 Å². The number of hydrogen-bond acceptors (Lipinski definition) is 3. The first-order valence-corrected chi connectivity index (χ1v) is 8.60. The molecule has 0 fully saturated rings. The molecule has 0 aliphatic rings. The highest BCUT2D eigenvalue weighted by Gasteiger charge is 2.03. The van der Waals surface area contributed by atoms with E-state index in [1.807, 2.05) is 6.07 Å². The molecule has 3 nitrogen and oxygen atoms in total. The highest BCUT2D eigenvalue weighted by atomic mass is 32.1. The molecule has 0 aliphatic heterocycles. The molecule has 0 radical (unpaired) electrons. The summed E-state index contributed by atoms with van der Waals surface area (Å²) in [7, 11) is 0. The maximum absolute atomic E-state index is 5.29. The second-order valence-electron chi connectivity index (χ2n) is 4.86. The number of aromatic nitrogens is 1. The number of benzene rings is 1. The lowest BCUT2D eigenvalue weighted by Crippen LogP contribution is -2.30. The second kappa shape index (κ2) is 8.74. The van der Waals surface area contributed by atoms with Gasteiger partial charge in [0.1, 0.15) is 0 Å². The molecule has 0 aliphatic carbocycles. The minimum Gasteiger partial charge on any atom is -0.362 e. The van der Waals surface area contributed by atoms with Crippen molar-refractivity contribution >= 4 is 33.8 Å². The highest BCUT2D eigenvalue weighted by molar-refractivity contribution is 7.80. The normalized spacial score (nSPS) is 10.3. The van der Waals surface area contributed by atoms with Crippen LogP contribution in [0.1, 0.15) is 31.0 Å². The minimum atomic E-state index is 0.641. The smallest absolute Gasteiger partial charge is 0.189 e. The molecule has 0 spiro atoms. The summed E-state index contributed by atoms with van der Waals surface area (Å²) in [6, 6.07) is 10.4. The molecule has 0 bridgehead atoms. The number of unbranched alkanes of at least 4 members (excludes halogenated alkanes) is 1. The van der Waals surface area contributed by atoms with E-state index < -0.39 is 0 Å². The Balaban J connectivity index is 1.70. The van der Waals surface area contributed by atoms with Gasteiger partial charge in [-0.1, -0.05) is 43.7 Å². The zero-order valence-corrected chi connectivity index (χ0v) is 13.9. The van der Waals surface area contributed by atoms with E-state index in [0.717, 1.165) is 30.2 Å². The Hall–Kier alpha value is -1.46. The SMILES string of the molecule is CCCCc1csc(NC(=S)NCCc2ccccc2)n1. The van der Waals surface area contributed by atoms with Crippen molar-refractivity contribution in [2.45, 2.75) is 32.6 Å². The third-order valence-electron chi connectivity index (χ3n) is 3.10. The van der Waals surface area contributed by atoms with Gasteiger partial charge < -0.3 is 10.6 Å². The molecule has 1 aromatic heterocycles. The number of thiocarbonyl (C=S) groups is 1. The maximum Gasteiger partial charge on any atom is 0.189 e. The molecule has 112 valence electrons. The first-order valence-electron chi connectivity index (χ1n) is 7.31. The molecule has 5 heteroatoms. The van der Waals surface area contributed by atoms with Gasteiger partial charge in [0.05, 0.1) is 5.69 Å². The van der Waals surface area contributed by atoms with Crippen LogP contribution in [0, 0.1) is 0 Å². The molecule has 0 saturated carbocycles. The predicted molar refractivity (Wildman–Crippen MR) is 95.1 cm³/mol. The molecule has 2 aromatic rings. The van der Waals surface area contributed by atoms with Crippen molar-refractivity contribution in [2.24, 2.45) is 0 Å². The van der Waals surface area contributed by atoms with Gasteiger partial charge in [-0.2, -0.15) is 0 Å². The minimum absolute atomic E-state index is 0.641. The fraction of sp³-hybridized carbons (Fsp3) is 0.375. The third kappa shape index (κ3) is 5.81. The van der Waals surface area contributed by atoms with Crippen molar-refractivity contribution in [1.29, 1.82) is 0 Å². The summed E-state index contributed by atoms with van der Waals surface area (Å²) in [5, 5.41) is 9.99. The summed E-state index contributed by atoms with van der Waals surface area (Å²) in [6.07, 6.45) is 4.38. The Morgan fingerprint density at radius 2 is 2.05 bits per heavy atom. The highest BCUT2D eigenvalue weighted by Crippen LogP contribution is 2.16. The molecule has 2 rings (SSSR count). The van der Waals surface area contributed by atoms with Crippen LogP contribution in [0.3, 0.4) is 0 Å². The molecule has 0 unspecified atom stereocenters. The summed E-state index contributed by atoms with van der Waals surface area (Å²) < 4.78 is 0. The topological polar surface area (TPSA) is 37.0 Å². The van der Waals surface area contributed by atoms with E-state index in [-0.39, 0.29) is 0 Å². The van der Waals surface area contributed by atoms with Gasteiger partial charge in [-0.05, 0) is 37.0 Å². The van der Waals surface area contributed by atoms with E-state index in [1.165, 1.54) is 18.4 Å². The Morgan fingerprint density at radius 1 is 1.24 bits per heavy atom. The Morgan fingerprint density at radius 3 is 2.81 bits per heavy atom. The number of hydrogen-bond donors (Lipinski definition) is 2. The average Bonchev–Trinajstić information content (AvgIpc) is 2.93. The van der Waals surface area contributed by atoms with Crippen LogP contribution in [0.15, 0.2) is 35.7 Å². The van der Waals surface area contributed by atoms with Crippen LogP contribution in [-0.4, -0.2) is 16.6 Å². The van der Waals surface area contributed by atoms with Gasteiger partial charge >= 0.3 is 0 Å². The Labute approximate surface area is 135 Å². The van der Waals surface area contributed by atoms with Crippen molar-refractivity contribution in [1.82, 2.24) is 10.3 Å². The van der Waals surface area contributed by atoms with Gasteiger partial charge in [-0.15, -0.1) is 11.3 Å². The van der Waals surface area contributed by atoms with Crippen molar-refractivity contribution in [2.75, 3.05) is 11.9 Å². The van der Waals surface area contributed by atoms with Crippen LogP contribution in [0.5, 0.6) is 0 Å². The monoisotopic (exact) mass is 319 g/mol. The molecule has 2 N–H and O–H groups in total. The number of nitrogens with one attached hydrogen (secondary N) is 2. The quantitative estimate of drug-likeness (QED) is 0.756. The van der Waals surface area contributed by atoms with Gasteiger partial charge in [0.2, 0.25) is 0 Å². The lowest BCUT2D eigenvalue weighted by atomic mass is 10.1. The van der Waals surface area contributed by atoms with Gasteiger partial charge in [0.25, 0.3) is 0 Å². The van der Waals surface area contributed by atoms with Crippen LogP contribution >= 0.6 is 23.6 Å². The Kier molecular flexibility index (Phi) is 6.63. The summed E-state index contributed by atoms with van der Waals surface area (Å²) in [5.74, 6) is 0. The number of aryl methyl sites for hydroxylation is 1. The second-order valence-corrected chi connectivity index (χ2v) is 6.13. The first-order chi connectivity index (χ1) is 10.3. The molecule has 0 amide bonds. The van der Waals surface area contributed by atoms with E-state index in [9.17, 15) is 0 Å². The van der Waals surface area contributed by atoms with Gasteiger partial charge in [0, 0.05) is 11.9 Å². The number of rotatable bonds is 7. The zero-order chi connectivity index (χ0) is 14.9. The third-order valence-corrected chi connectivity index (χ3v) is 4.15. The Bertz CT molecular complexity index is 552. The largest absolute Gasteiger partial charge is 0.362 e. The molecule has 0 saturated heterocycles. The molecule has 21 heavy (non-hydrogen) atoms. The van der Waals surface area contributed by atoms with Crippen LogP contribution in [-0.2, 0) is 12.8 Å². The van der Waals surface area contributed by atoms with E-state index in [2.05, 4.69) is 52.2 Å². The van der Waals surface area contributed by atoms with Crippen molar-refractivity contribution in [3.63, 3.8) is 0 Å². The zero-order valence-electron chi connectivity index (χ0n) is 12.3. The maximum atomic E-state index is 5.29. The number of thiazole rings is 1. The summed E-state index contributed by atoms with van der Waals surface area (Å²) in [6.45, 7) is 3.02. The lowest BCUT2D eigenvalue weighted by molar-refractivity contribution is 0.781. The molecule has 1 aromatic carbocycles. The van der Waals surface area contributed by atoms with E-state index >= 15 is 0 Å². The van der Waals surface area contributed by atoms with Crippen LogP contribution < -0.4 is 10.6 Å². The van der Waals surface area contributed by atoms with Gasteiger partial charge in [-0.25, -0.2) is 4.98 Å². The fourth-order valence-corrected chi connectivity index (χ4v) is 2.96. The van der Waals surface area contributed by atoms with Crippen LogP contribution in [0.2, 0.25) is 0 Å². The van der Waals surface area contributed by atoms with Crippen molar-refractivity contribution in [3.05, 3.63) is 47.0 Å².